The lowest BCUT2D eigenvalue weighted by atomic mass is 10.3. The quantitative estimate of drug-likeness (QED) is 0.717. The van der Waals surface area contributed by atoms with Gasteiger partial charge >= 0.3 is 5.97 Å². The molecule has 0 radical (unpaired) electrons. The van der Waals surface area contributed by atoms with E-state index in [0.717, 1.165) is 0 Å². The second kappa shape index (κ2) is 5.11. The average Bonchev–Trinajstić information content (AvgIpc) is 2.19. The molecule has 0 aliphatic heterocycles. The monoisotopic (exact) mass is 224 g/mol. The SMILES string of the molecule is CC(=O)NC(Cn1ccc(=O)cc1)C(=O)O. The zero-order chi connectivity index (χ0) is 12.1. The van der Waals surface area contributed by atoms with E-state index in [1.165, 1.54) is 36.0 Å². The van der Waals surface area contributed by atoms with Gasteiger partial charge in [-0.15, -0.1) is 0 Å². The molecule has 0 bridgehead atoms. The summed E-state index contributed by atoms with van der Waals surface area (Å²) in [6, 6.07) is 1.65. The third-order valence-corrected chi connectivity index (χ3v) is 1.93. The van der Waals surface area contributed by atoms with E-state index in [2.05, 4.69) is 5.32 Å². The van der Waals surface area contributed by atoms with E-state index in [0.29, 0.717) is 0 Å². The van der Waals surface area contributed by atoms with Gasteiger partial charge in [0.15, 0.2) is 5.43 Å². The van der Waals surface area contributed by atoms with Crippen molar-refractivity contribution in [2.24, 2.45) is 0 Å². The van der Waals surface area contributed by atoms with Crippen LogP contribution in [0.1, 0.15) is 6.92 Å². The summed E-state index contributed by atoms with van der Waals surface area (Å²) in [7, 11) is 0. The van der Waals surface area contributed by atoms with Crippen LogP contribution >= 0.6 is 0 Å². The van der Waals surface area contributed by atoms with Crippen LogP contribution in [0.15, 0.2) is 29.3 Å². The second-order valence-corrected chi connectivity index (χ2v) is 3.32. The highest BCUT2D eigenvalue weighted by Crippen LogP contribution is 1.92. The number of rotatable bonds is 4. The Bertz CT molecular complexity index is 432. The predicted octanol–water partition coefficient (Wildman–Crippen LogP) is -0.562. The van der Waals surface area contributed by atoms with Crippen molar-refractivity contribution in [3.63, 3.8) is 0 Å². The van der Waals surface area contributed by atoms with Crippen LogP contribution in [-0.2, 0) is 16.1 Å². The smallest absolute Gasteiger partial charge is 0.328 e. The molecular weight excluding hydrogens is 212 g/mol. The minimum atomic E-state index is -1.12. The predicted molar refractivity (Wildman–Crippen MR) is 55.9 cm³/mol. The van der Waals surface area contributed by atoms with E-state index in [-0.39, 0.29) is 12.0 Å². The maximum Gasteiger partial charge on any atom is 0.328 e. The number of nitrogens with zero attached hydrogens (tertiary/aromatic N) is 1. The van der Waals surface area contributed by atoms with Crippen LogP contribution in [0.3, 0.4) is 0 Å². The van der Waals surface area contributed by atoms with Gasteiger partial charge in [0.1, 0.15) is 6.04 Å². The Morgan fingerprint density at radius 3 is 2.44 bits per heavy atom. The molecule has 1 atom stereocenters. The van der Waals surface area contributed by atoms with Gasteiger partial charge in [0, 0.05) is 31.5 Å². The van der Waals surface area contributed by atoms with Crippen LogP contribution in [0.4, 0.5) is 0 Å². The van der Waals surface area contributed by atoms with Crippen molar-refractivity contribution in [2.45, 2.75) is 19.5 Å². The number of aliphatic carboxylic acids is 1. The summed E-state index contributed by atoms with van der Waals surface area (Å²) in [5, 5.41) is 11.2. The largest absolute Gasteiger partial charge is 0.480 e. The molecule has 1 aromatic rings. The van der Waals surface area contributed by atoms with Gasteiger partial charge in [0.05, 0.1) is 6.54 Å². The molecule has 0 fully saturated rings. The first-order valence-corrected chi connectivity index (χ1v) is 4.65. The van der Waals surface area contributed by atoms with Crippen molar-refractivity contribution < 1.29 is 14.7 Å². The van der Waals surface area contributed by atoms with Gasteiger partial charge < -0.3 is 15.0 Å². The number of carboxylic acids is 1. The zero-order valence-corrected chi connectivity index (χ0v) is 8.71. The first-order chi connectivity index (χ1) is 7.49. The Kier molecular flexibility index (Phi) is 3.82. The van der Waals surface area contributed by atoms with Crippen LogP contribution in [0.25, 0.3) is 0 Å². The highest BCUT2D eigenvalue weighted by Gasteiger charge is 2.18. The van der Waals surface area contributed by atoms with Crippen LogP contribution in [0, 0.1) is 0 Å². The van der Waals surface area contributed by atoms with E-state index >= 15 is 0 Å². The first-order valence-electron chi connectivity index (χ1n) is 4.65. The molecule has 0 spiro atoms. The molecule has 2 N–H and O–H groups in total. The Morgan fingerprint density at radius 2 is 2.00 bits per heavy atom. The molecule has 6 heteroatoms. The number of nitrogens with one attached hydrogen (secondary N) is 1. The van der Waals surface area contributed by atoms with Gasteiger partial charge in [0.25, 0.3) is 0 Å². The lowest BCUT2D eigenvalue weighted by Crippen LogP contribution is -2.42. The summed E-state index contributed by atoms with van der Waals surface area (Å²) in [6.07, 6.45) is 2.94. The van der Waals surface area contributed by atoms with E-state index < -0.39 is 17.9 Å². The van der Waals surface area contributed by atoms with Gasteiger partial charge in [-0.1, -0.05) is 0 Å². The molecular formula is C10H12N2O4. The van der Waals surface area contributed by atoms with Gasteiger partial charge in [-0.2, -0.15) is 0 Å². The molecule has 6 nitrogen and oxygen atoms in total. The highest BCUT2D eigenvalue weighted by molar-refractivity contribution is 5.81. The molecule has 0 aromatic carbocycles. The number of pyridine rings is 1. The van der Waals surface area contributed by atoms with E-state index in [1.54, 1.807) is 0 Å². The molecule has 0 saturated heterocycles. The standard InChI is InChI=1S/C10H12N2O4/c1-7(13)11-9(10(15)16)6-12-4-2-8(14)3-5-12/h2-5,9H,6H2,1H3,(H,11,13)(H,15,16). The Hall–Kier alpha value is -2.11. The fourth-order valence-electron chi connectivity index (χ4n) is 1.21. The van der Waals surface area contributed by atoms with Crippen molar-refractivity contribution in [3.8, 4) is 0 Å². The number of hydrogen-bond donors (Lipinski definition) is 2. The number of hydrogen-bond acceptors (Lipinski definition) is 3. The molecule has 0 saturated carbocycles. The Morgan fingerprint density at radius 1 is 1.44 bits per heavy atom. The lowest BCUT2D eigenvalue weighted by molar-refractivity contribution is -0.141. The van der Waals surface area contributed by atoms with Gasteiger partial charge in [0.2, 0.25) is 5.91 Å². The van der Waals surface area contributed by atoms with Crippen molar-refractivity contribution in [1.29, 1.82) is 0 Å². The summed E-state index contributed by atoms with van der Waals surface area (Å²) in [6.45, 7) is 1.33. The number of carboxylic acid groups (broad SMARTS) is 1. The second-order valence-electron chi connectivity index (χ2n) is 3.32. The highest BCUT2D eigenvalue weighted by atomic mass is 16.4. The van der Waals surface area contributed by atoms with Crippen molar-refractivity contribution in [3.05, 3.63) is 34.7 Å². The average molecular weight is 224 g/mol. The van der Waals surface area contributed by atoms with Gasteiger partial charge in [-0.3, -0.25) is 9.59 Å². The maximum absolute atomic E-state index is 10.8. The maximum atomic E-state index is 10.8. The third-order valence-electron chi connectivity index (χ3n) is 1.93. The number of amides is 1. The first kappa shape index (κ1) is 12.0. The topological polar surface area (TPSA) is 88.4 Å². The van der Waals surface area contributed by atoms with E-state index in [4.69, 9.17) is 5.11 Å². The number of carbonyl (C=O) groups excluding carboxylic acids is 1. The van der Waals surface area contributed by atoms with Gasteiger partial charge in [-0.05, 0) is 0 Å². The van der Waals surface area contributed by atoms with Crippen LogP contribution in [-0.4, -0.2) is 27.6 Å². The Balaban J connectivity index is 2.75. The van der Waals surface area contributed by atoms with Gasteiger partial charge in [-0.25, -0.2) is 4.79 Å². The fourth-order valence-corrected chi connectivity index (χ4v) is 1.21. The number of carbonyl (C=O) groups is 2. The van der Waals surface area contributed by atoms with Crippen molar-refractivity contribution in [1.82, 2.24) is 9.88 Å². The minimum absolute atomic E-state index is 0.0786. The van der Waals surface area contributed by atoms with E-state index in [9.17, 15) is 14.4 Å². The molecule has 1 aromatic heterocycles. The summed E-state index contributed by atoms with van der Waals surface area (Å²) in [4.78, 5) is 32.4. The molecule has 0 aliphatic rings. The normalized spacial score (nSPS) is 11.8. The lowest BCUT2D eigenvalue weighted by Gasteiger charge is -2.14. The van der Waals surface area contributed by atoms with Crippen molar-refractivity contribution in [2.75, 3.05) is 0 Å². The number of aromatic nitrogens is 1. The summed E-state index contributed by atoms with van der Waals surface area (Å²) in [5.74, 6) is -1.53. The zero-order valence-electron chi connectivity index (χ0n) is 8.71. The van der Waals surface area contributed by atoms with Crippen LogP contribution in [0.5, 0.6) is 0 Å². The third kappa shape index (κ3) is 3.56. The minimum Gasteiger partial charge on any atom is -0.480 e. The molecule has 16 heavy (non-hydrogen) atoms. The molecule has 0 aliphatic carbocycles. The van der Waals surface area contributed by atoms with Crippen molar-refractivity contribution >= 4 is 11.9 Å². The van der Waals surface area contributed by atoms with E-state index in [1.807, 2.05) is 0 Å². The molecule has 1 rings (SSSR count). The fraction of sp³-hybridized carbons (Fsp3) is 0.300. The van der Waals surface area contributed by atoms with Crippen LogP contribution < -0.4 is 10.7 Å². The van der Waals surface area contributed by atoms with Crippen LogP contribution in [0.2, 0.25) is 0 Å². The molecule has 86 valence electrons. The summed E-state index contributed by atoms with van der Waals surface area (Å²) in [5.41, 5.74) is -0.150. The molecule has 1 heterocycles. The summed E-state index contributed by atoms with van der Waals surface area (Å²) < 4.78 is 1.52. The Labute approximate surface area is 91.5 Å². The molecule has 1 amide bonds. The summed E-state index contributed by atoms with van der Waals surface area (Å²) >= 11 is 0. The molecule has 1 unspecified atom stereocenters.